The average molecular weight is 404 g/mol. The molecular formula is C16H20FN3O6S. The Kier molecular flexibility index (Phi) is 4.97. The average Bonchev–Trinajstić information content (AvgIpc) is 2.82. The zero-order valence-corrected chi connectivity index (χ0v) is 15.1. The van der Waals surface area contributed by atoms with E-state index in [-0.39, 0.29) is 10.2 Å². The van der Waals surface area contributed by atoms with E-state index >= 15 is 4.39 Å². The summed E-state index contributed by atoms with van der Waals surface area (Å²) in [4.78, 5) is 26.3. The first-order chi connectivity index (χ1) is 13.6. The minimum Gasteiger partial charge on any atom is -0.458 e. The first-order valence-electron chi connectivity index (χ1n) is 9.19. The molecule has 1 aromatic rings. The quantitative estimate of drug-likeness (QED) is 0.288. The summed E-state index contributed by atoms with van der Waals surface area (Å²) in [6, 6.07) is -1.33. The summed E-state index contributed by atoms with van der Waals surface area (Å²) in [5, 5.41) is 20.4. The van der Waals surface area contributed by atoms with Gasteiger partial charge in [0, 0.05) is 6.20 Å². The number of terminal acetylenes is 1. The third kappa shape index (κ3) is 4.10. The highest BCUT2D eigenvalue weighted by atomic mass is 32.1. The number of nitrogens with one attached hydrogen (secondary N) is 1. The van der Waals surface area contributed by atoms with Crippen molar-refractivity contribution in [3.05, 3.63) is 26.9 Å². The van der Waals surface area contributed by atoms with Crippen LogP contribution < -0.4 is 11.4 Å². The monoisotopic (exact) mass is 404 g/mol. The lowest BCUT2D eigenvalue weighted by Gasteiger charge is -2.24. The molecule has 27 heavy (non-hydrogen) atoms. The Bertz CT molecular complexity index is 1010. The highest BCUT2D eigenvalue weighted by Crippen LogP contribution is 2.38. The summed E-state index contributed by atoms with van der Waals surface area (Å²) >= 11 is 4.83. The molecule has 1 saturated heterocycles. The Morgan fingerprint density at radius 2 is 2.37 bits per heavy atom. The molecule has 1 aliphatic heterocycles. The van der Waals surface area contributed by atoms with Gasteiger partial charge in [0.15, 0.2) is 12.8 Å². The van der Waals surface area contributed by atoms with Crippen LogP contribution in [-0.4, -0.2) is 56.4 Å². The van der Waals surface area contributed by atoms with Crippen LogP contribution in [0.5, 0.6) is 0 Å². The first-order valence-corrected chi connectivity index (χ1v) is 8.10. The van der Waals surface area contributed by atoms with Crippen molar-refractivity contribution in [1.82, 2.24) is 9.55 Å². The number of aromatic amines is 1. The van der Waals surface area contributed by atoms with Crippen LogP contribution in [-0.2, 0) is 14.3 Å². The second-order valence-electron chi connectivity index (χ2n) is 6.08. The highest BCUT2D eigenvalue weighted by Gasteiger charge is 2.57. The number of carbonyl (C=O) groups excluding carboxylic acids is 1. The highest BCUT2D eigenvalue weighted by molar-refractivity contribution is 7.71. The van der Waals surface area contributed by atoms with E-state index in [9.17, 15) is 19.8 Å². The minimum absolute atomic E-state index is 0.129. The molecule has 0 aromatic carbocycles. The van der Waals surface area contributed by atoms with Crippen LogP contribution >= 0.6 is 12.2 Å². The van der Waals surface area contributed by atoms with Crippen molar-refractivity contribution in [2.45, 2.75) is 44.2 Å². The van der Waals surface area contributed by atoms with Crippen molar-refractivity contribution in [1.29, 1.82) is 0 Å². The van der Waals surface area contributed by atoms with E-state index in [4.69, 9.17) is 33.2 Å². The minimum atomic E-state index is -3.96. The number of hydrogen-bond acceptors (Lipinski definition) is 8. The third-order valence-corrected chi connectivity index (χ3v) is 4.12. The number of alkyl halides is 1. The van der Waals surface area contributed by atoms with E-state index in [0.717, 1.165) is 6.20 Å². The van der Waals surface area contributed by atoms with Crippen molar-refractivity contribution in [2.75, 3.05) is 6.56 Å². The molecule has 0 aliphatic carbocycles. The fourth-order valence-corrected chi connectivity index (χ4v) is 2.28. The summed E-state index contributed by atoms with van der Waals surface area (Å²) in [6.07, 6.45) is -2.33. The fourth-order valence-electron chi connectivity index (χ4n) is 2.08. The van der Waals surface area contributed by atoms with Crippen LogP contribution in [0.25, 0.3) is 0 Å². The molecule has 0 bridgehead atoms. The molecule has 0 unspecified atom stereocenters. The zero-order chi connectivity index (χ0) is 23.2. The molecule has 0 amide bonds. The summed E-state index contributed by atoms with van der Waals surface area (Å²) in [7, 11) is 0. The number of H-pyrrole nitrogens is 1. The Hall–Kier alpha value is -2.10. The van der Waals surface area contributed by atoms with Crippen LogP contribution in [0.2, 0.25) is 0 Å². The lowest BCUT2D eigenvalue weighted by Crippen LogP contribution is -2.46. The van der Waals surface area contributed by atoms with Gasteiger partial charge in [0.2, 0.25) is 0 Å². The summed E-state index contributed by atoms with van der Waals surface area (Å²) < 4.78 is 48.6. The number of nitrogens with zero attached hydrogens (tertiary/aromatic N) is 1. The largest absolute Gasteiger partial charge is 0.458 e. The summed E-state index contributed by atoms with van der Waals surface area (Å²) in [5.41, 5.74) is 4.26. The molecule has 2 rings (SSSR count). The number of rotatable bonds is 5. The second-order valence-corrected chi connectivity index (χ2v) is 6.49. The van der Waals surface area contributed by atoms with Gasteiger partial charge in [-0.3, -0.25) is 14.3 Å². The maximum absolute atomic E-state index is 15.5. The molecule has 0 spiro atoms. The predicted octanol–water partition coefficient (Wildman–Crippen LogP) is -0.670. The van der Waals surface area contributed by atoms with Gasteiger partial charge in [-0.15, -0.1) is 6.42 Å². The molecule has 148 valence electrons. The lowest BCUT2D eigenvalue weighted by atomic mass is 10.1. The molecule has 1 aromatic heterocycles. The van der Waals surface area contributed by atoms with Gasteiger partial charge in [-0.25, -0.2) is 9.18 Å². The van der Waals surface area contributed by atoms with Crippen molar-refractivity contribution in [3.8, 4) is 12.3 Å². The molecule has 5 atom stereocenters. The van der Waals surface area contributed by atoms with Crippen LogP contribution in [0.1, 0.15) is 29.7 Å². The van der Waals surface area contributed by atoms with Gasteiger partial charge in [0.05, 0.1) is 9.68 Å². The second kappa shape index (κ2) is 7.87. The number of halogens is 1. The van der Waals surface area contributed by atoms with E-state index in [1.807, 2.05) is 0 Å². The number of ether oxygens (including phenoxy) is 2. The predicted molar refractivity (Wildman–Crippen MR) is 93.6 cm³/mol. The van der Waals surface area contributed by atoms with E-state index < -0.39 is 54.4 Å². The lowest BCUT2D eigenvalue weighted by molar-refractivity contribution is -0.217. The fraction of sp³-hybridized carbons (Fsp3) is 0.562. The Morgan fingerprint density at radius 1 is 1.74 bits per heavy atom. The summed E-state index contributed by atoms with van der Waals surface area (Å²) in [6.45, 7) is -0.651. The number of aromatic nitrogens is 2. The van der Waals surface area contributed by atoms with Gasteiger partial charge in [-0.1, -0.05) is 32.0 Å². The molecule has 11 heteroatoms. The van der Waals surface area contributed by atoms with Crippen LogP contribution in [0, 0.1) is 22.9 Å². The SMILES string of the molecule is [2H]C([2H])(OC(=O)[C@@H](N)C(C)C)[C@@]1(F)O[C@@]([2H])(n2cc(C#C)c(=S)[nH]c2=O)[C@H](O)[C@@H]1O. The van der Waals surface area contributed by atoms with Crippen molar-refractivity contribution < 1.29 is 33.0 Å². The van der Waals surface area contributed by atoms with E-state index in [2.05, 4.69) is 15.6 Å². The molecule has 1 fully saturated rings. The maximum Gasteiger partial charge on any atom is 0.328 e. The van der Waals surface area contributed by atoms with Gasteiger partial charge in [-0.05, 0) is 5.92 Å². The van der Waals surface area contributed by atoms with E-state index in [1.165, 1.54) is 13.8 Å². The first kappa shape index (κ1) is 17.0. The smallest absolute Gasteiger partial charge is 0.328 e. The van der Waals surface area contributed by atoms with Gasteiger partial charge in [-0.2, -0.15) is 0 Å². The zero-order valence-electron chi connectivity index (χ0n) is 17.3. The number of aliphatic hydroxyl groups excluding tert-OH is 2. The van der Waals surface area contributed by atoms with Crippen LogP contribution in [0.15, 0.2) is 11.0 Å². The van der Waals surface area contributed by atoms with Gasteiger partial charge in [0.1, 0.15) is 22.9 Å². The topological polar surface area (TPSA) is 140 Å². The van der Waals surface area contributed by atoms with Crippen molar-refractivity contribution >= 4 is 18.2 Å². The molecule has 1 aliphatic rings. The van der Waals surface area contributed by atoms with Gasteiger partial charge >= 0.3 is 11.7 Å². The Morgan fingerprint density at radius 3 is 2.93 bits per heavy atom. The number of nitrogens with two attached hydrogens (primary N) is 1. The Labute approximate surface area is 163 Å². The third-order valence-electron chi connectivity index (χ3n) is 3.80. The van der Waals surface area contributed by atoms with Crippen molar-refractivity contribution in [2.24, 2.45) is 11.7 Å². The maximum atomic E-state index is 15.5. The number of hydrogen-bond donors (Lipinski definition) is 4. The molecule has 0 saturated carbocycles. The summed E-state index contributed by atoms with van der Waals surface area (Å²) in [5.74, 6) is -3.70. The Balaban J connectivity index is 2.52. The van der Waals surface area contributed by atoms with E-state index in [1.54, 1.807) is 0 Å². The normalized spacial score (nSPS) is 33.6. The van der Waals surface area contributed by atoms with Crippen LogP contribution in [0.4, 0.5) is 4.39 Å². The van der Waals surface area contributed by atoms with Gasteiger partial charge < -0.3 is 25.4 Å². The van der Waals surface area contributed by atoms with Crippen molar-refractivity contribution in [3.63, 3.8) is 0 Å². The van der Waals surface area contributed by atoms with Crippen LogP contribution in [0.3, 0.4) is 0 Å². The molecule has 9 nitrogen and oxygen atoms in total. The standard InChI is InChI=1S/C16H20FN3O6S/c1-4-8-5-20(15(24)19-12(8)27)13-10(21)11(22)16(17,26-13)6-25-14(23)9(18)7(2)3/h1,5,7,9-11,13,21-22H,6,18H2,2-3H3,(H,19,24,27)/t9-,10+,11-,13+,16+/m0/s1/i6D2,13D. The molecule has 2 heterocycles. The number of aliphatic hydroxyl groups is 2. The molecule has 0 radical (unpaired) electrons. The van der Waals surface area contributed by atoms with Gasteiger partial charge in [0.25, 0.3) is 5.85 Å². The molecule has 5 N–H and O–H groups in total. The number of esters is 1. The van der Waals surface area contributed by atoms with E-state index in [0.29, 0.717) is 4.57 Å². The molecular weight excluding hydrogens is 381 g/mol. The number of carbonyl (C=O) groups is 1.